The third-order valence-corrected chi connectivity index (χ3v) is 5.65. The molecule has 2 heterocycles. The molecule has 1 fully saturated rings. The number of nitrogens with two attached hydrogens (primary N) is 1. The number of carbonyl (C=O) groups is 1. The standard InChI is InChI=1S/C19H27N3O2S/c1-18(2,3)24-17(23)22-10-6-9-19(12-20,13-22)11-16-21-14-7-4-5-8-15(14)25-16/h4-5,7-8H,6,9-13,20H2,1-3H3. The molecule has 1 amide bonds. The van der Waals surface area contributed by atoms with Crippen molar-refractivity contribution in [2.45, 2.75) is 45.6 Å². The van der Waals surface area contributed by atoms with E-state index in [2.05, 4.69) is 6.07 Å². The molecule has 0 aliphatic carbocycles. The molecule has 1 unspecified atom stereocenters. The van der Waals surface area contributed by atoms with Gasteiger partial charge in [0.2, 0.25) is 0 Å². The number of rotatable bonds is 3. The van der Waals surface area contributed by atoms with Gasteiger partial charge >= 0.3 is 6.09 Å². The molecule has 0 saturated carbocycles. The van der Waals surface area contributed by atoms with Crippen LogP contribution >= 0.6 is 11.3 Å². The summed E-state index contributed by atoms with van der Waals surface area (Å²) in [5, 5.41) is 1.10. The lowest BCUT2D eigenvalue weighted by molar-refractivity contribution is 0.00532. The Morgan fingerprint density at radius 3 is 2.84 bits per heavy atom. The SMILES string of the molecule is CC(C)(C)OC(=O)N1CCCC(CN)(Cc2nc3ccccc3s2)C1. The molecule has 136 valence electrons. The highest BCUT2D eigenvalue weighted by molar-refractivity contribution is 7.18. The van der Waals surface area contributed by atoms with Crippen molar-refractivity contribution in [3.05, 3.63) is 29.3 Å². The van der Waals surface area contributed by atoms with Gasteiger partial charge in [0.05, 0.1) is 15.2 Å². The number of hydrogen-bond donors (Lipinski definition) is 1. The van der Waals surface area contributed by atoms with Crippen LogP contribution in [-0.2, 0) is 11.2 Å². The predicted octanol–water partition coefficient (Wildman–Crippen LogP) is 3.81. The highest BCUT2D eigenvalue weighted by Gasteiger charge is 2.38. The number of nitrogens with zero attached hydrogens (tertiary/aromatic N) is 2. The van der Waals surface area contributed by atoms with Crippen LogP contribution in [0.2, 0.25) is 0 Å². The van der Waals surface area contributed by atoms with E-state index in [4.69, 9.17) is 15.5 Å². The number of ether oxygens (including phenoxy) is 1. The number of likely N-dealkylation sites (tertiary alicyclic amines) is 1. The van der Waals surface area contributed by atoms with Gasteiger partial charge in [-0.3, -0.25) is 0 Å². The van der Waals surface area contributed by atoms with E-state index in [9.17, 15) is 4.79 Å². The second-order valence-corrected chi connectivity index (χ2v) is 9.08. The lowest BCUT2D eigenvalue weighted by Crippen LogP contribution is -2.51. The van der Waals surface area contributed by atoms with Crippen molar-refractivity contribution < 1.29 is 9.53 Å². The van der Waals surface area contributed by atoms with Crippen LogP contribution in [0.3, 0.4) is 0 Å². The van der Waals surface area contributed by atoms with Gasteiger partial charge in [0, 0.05) is 31.5 Å². The van der Waals surface area contributed by atoms with Crippen LogP contribution in [0.15, 0.2) is 24.3 Å². The first-order valence-corrected chi connectivity index (χ1v) is 9.64. The van der Waals surface area contributed by atoms with E-state index < -0.39 is 5.60 Å². The van der Waals surface area contributed by atoms with Gasteiger partial charge in [-0.2, -0.15) is 0 Å². The lowest BCUT2D eigenvalue weighted by Gasteiger charge is -2.42. The summed E-state index contributed by atoms with van der Waals surface area (Å²) in [6.07, 6.45) is 2.52. The quantitative estimate of drug-likeness (QED) is 0.902. The first kappa shape index (κ1) is 18.1. The van der Waals surface area contributed by atoms with Crippen molar-refractivity contribution in [2.24, 2.45) is 11.1 Å². The summed E-state index contributed by atoms with van der Waals surface area (Å²) < 4.78 is 6.74. The van der Waals surface area contributed by atoms with Crippen molar-refractivity contribution in [1.82, 2.24) is 9.88 Å². The van der Waals surface area contributed by atoms with Crippen LogP contribution in [0.1, 0.15) is 38.6 Å². The zero-order valence-corrected chi connectivity index (χ0v) is 16.1. The van der Waals surface area contributed by atoms with Gasteiger partial charge in [-0.1, -0.05) is 12.1 Å². The van der Waals surface area contributed by atoms with Crippen LogP contribution in [0.25, 0.3) is 10.2 Å². The number of amides is 1. The second-order valence-electron chi connectivity index (χ2n) is 7.96. The number of piperidine rings is 1. The minimum Gasteiger partial charge on any atom is -0.444 e. The van der Waals surface area contributed by atoms with Crippen molar-refractivity contribution >= 4 is 27.6 Å². The molecule has 1 aliphatic heterocycles. The van der Waals surface area contributed by atoms with Crippen molar-refractivity contribution in [1.29, 1.82) is 0 Å². The van der Waals surface area contributed by atoms with Gasteiger partial charge in [0.15, 0.2) is 0 Å². The first-order valence-electron chi connectivity index (χ1n) is 8.83. The molecule has 25 heavy (non-hydrogen) atoms. The molecule has 5 nitrogen and oxygen atoms in total. The maximum Gasteiger partial charge on any atom is 0.410 e. The monoisotopic (exact) mass is 361 g/mol. The Morgan fingerprint density at radius 2 is 2.16 bits per heavy atom. The zero-order valence-electron chi connectivity index (χ0n) is 15.2. The van der Waals surface area contributed by atoms with Crippen LogP contribution in [-0.4, -0.2) is 41.2 Å². The average Bonchev–Trinajstić information content (AvgIpc) is 2.95. The maximum atomic E-state index is 12.5. The Bertz CT molecular complexity index is 719. The van der Waals surface area contributed by atoms with Crippen LogP contribution in [0, 0.1) is 5.41 Å². The van der Waals surface area contributed by atoms with E-state index >= 15 is 0 Å². The first-order chi connectivity index (χ1) is 11.8. The highest BCUT2D eigenvalue weighted by Crippen LogP contribution is 2.35. The summed E-state index contributed by atoms with van der Waals surface area (Å²) in [6.45, 7) is 7.59. The van der Waals surface area contributed by atoms with E-state index in [1.165, 1.54) is 4.70 Å². The molecular weight excluding hydrogens is 334 g/mol. The molecule has 2 N–H and O–H groups in total. The van der Waals surface area contributed by atoms with Gasteiger partial charge in [-0.15, -0.1) is 11.3 Å². The summed E-state index contributed by atoms with van der Waals surface area (Å²) in [7, 11) is 0. The molecule has 0 spiro atoms. The molecule has 1 atom stereocenters. The number of carbonyl (C=O) groups excluding carboxylic acids is 1. The Morgan fingerprint density at radius 1 is 1.40 bits per heavy atom. The highest BCUT2D eigenvalue weighted by atomic mass is 32.1. The van der Waals surface area contributed by atoms with Crippen LogP contribution in [0.4, 0.5) is 4.79 Å². The topological polar surface area (TPSA) is 68.5 Å². The van der Waals surface area contributed by atoms with Gasteiger partial charge in [-0.05, 0) is 45.7 Å². The molecule has 2 aromatic rings. The molecule has 0 bridgehead atoms. The van der Waals surface area contributed by atoms with Gasteiger partial charge in [-0.25, -0.2) is 9.78 Å². The third kappa shape index (κ3) is 4.30. The predicted molar refractivity (Wildman–Crippen MR) is 102 cm³/mol. The molecule has 3 rings (SSSR count). The number of hydrogen-bond acceptors (Lipinski definition) is 5. The minimum absolute atomic E-state index is 0.122. The summed E-state index contributed by atoms with van der Waals surface area (Å²) in [6, 6.07) is 8.18. The lowest BCUT2D eigenvalue weighted by atomic mass is 9.77. The van der Waals surface area contributed by atoms with Crippen LogP contribution < -0.4 is 5.73 Å². The number of aromatic nitrogens is 1. The smallest absolute Gasteiger partial charge is 0.410 e. The van der Waals surface area contributed by atoms with E-state index in [0.717, 1.165) is 36.3 Å². The minimum atomic E-state index is -0.479. The number of thiazole rings is 1. The van der Waals surface area contributed by atoms with E-state index in [1.807, 2.05) is 43.9 Å². The summed E-state index contributed by atoms with van der Waals surface area (Å²) in [4.78, 5) is 19.0. The van der Waals surface area contributed by atoms with E-state index in [0.29, 0.717) is 13.1 Å². The van der Waals surface area contributed by atoms with Crippen molar-refractivity contribution in [3.63, 3.8) is 0 Å². The van der Waals surface area contributed by atoms with Gasteiger partial charge in [0.1, 0.15) is 5.60 Å². The second kappa shape index (κ2) is 6.92. The van der Waals surface area contributed by atoms with Gasteiger partial charge < -0.3 is 15.4 Å². The van der Waals surface area contributed by atoms with E-state index in [1.54, 1.807) is 11.3 Å². The molecule has 1 aromatic carbocycles. The molecule has 6 heteroatoms. The average molecular weight is 362 g/mol. The van der Waals surface area contributed by atoms with Crippen molar-refractivity contribution in [3.8, 4) is 0 Å². The fourth-order valence-corrected chi connectivity index (χ4v) is 4.53. The Labute approximate surface area is 153 Å². The fourth-order valence-electron chi connectivity index (χ4n) is 3.39. The number of benzene rings is 1. The molecule has 1 aromatic heterocycles. The number of para-hydroxylation sites is 1. The number of fused-ring (bicyclic) bond motifs is 1. The zero-order chi connectivity index (χ0) is 18.1. The summed E-state index contributed by atoms with van der Waals surface area (Å²) in [5.74, 6) is 0. The Hall–Kier alpha value is -1.66. The molecule has 1 aliphatic rings. The third-order valence-electron chi connectivity index (χ3n) is 4.61. The van der Waals surface area contributed by atoms with E-state index in [-0.39, 0.29) is 11.5 Å². The van der Waals surface area contributed by atoms with Gasteiger partial charge in [0.25, 0.3) is 0 Å². The Kier molecular flexibility index (Phi) is 5.02. The Balaban J connectivity index is 1.76. The molecular formula is C19H27N3O2S. The largest absolute Gasteiger partial charge is 0.444 e. The van der Waals surface area contributed by atoms with Crippen LogP contribution in [0.5, 0.6) is 0 Å². The molecule has 0 radical (unpaired) electrons. The van der Waals surface area contributed by atoms with Crippen molar-refractivity contribution in [2.75, 3.05) is 19.6 Å². The summed E-state index contributed by atoms with van der Waals surface area (Å²) in [5.41, 5.74) is 6.60. The normalized spacial score (nSPS) is 21.5. The summed E-state index contributed by atoms with van der Waals surface area (Å²) >= 11 is 1.72. The fraction of sp³-hybridized carbons (Fsp3) is 0.579. The molecule has 1 saturated heterocycles. The maximum absolute atomic E-state index is 12.5.